The van der Waals surface area contributed by atoms with Crippen molar-refractivity contribution < 1.29 is 9.53 Å². The molecule has 1 aromatic rings. The number of carbonyl (C=O) groups is 1. The van der Waals surface area contributed by atoms with Gasteiger partial charge in [-0.2, -0.15) is 0 Å². The van der Waals surface area contributed by atoms with E-state index in [4.69, 9.17) is 4.74 Å². The van der Waals surface area contributed by atoms with Gasteiger partial charge in [-0.15, -0.1) is 10.2 Å². The van der Waals surface area contributed by atoms with Gasteiger partial charge in [0.2, 0.25) is 0 Å². The van der Waals surface area contributed by atoms with Crippen LogP contribution in [0.2, 0.25) is 0 Å². The predicted molar refractivity (Wildman–Crippen MR) is 100 cm³/mol. The molecular formula is C19H29N5O2. The first-order valence-corrected chi connectivity index (χ1v) is 9.48. The number of dihydropyridines is 1. The molecule has 0 amide bonds. The van der Waals surface area contributed by atoms with Crippen LogP contribution in [0.3, 0.4) is 0 Å². The lowest BCUT2D eigenvalue weighted by atomic mass is 9.87. The monoisotopic (exact) mass is 359 g/mol. The van der Waals surface area contributed by atoms with Crippen molar-refractivity contribution >= 4 is 11.5 Å². The van der Waals surface area contributed by atoms with Crippen LogP contribution in [0.5, 0.6) is 0 Å². The number of hydrogen-bond acceptors (Lipinski definition) is 6. The Kier molecular flexibility index (Phi) is 5.98. The average molecular weight is 359 g/mol. The Labute approximate surface area is 155 Å². The van der Waals surface area contributed by atoms with Crippen molar-refractivity contribution in [1.29, 1.82) is 0 Å². The number of nitrogens with zero attached hydrogens (tertiary/aromatic N) is 5. The van der Waals surface area contributed by atoms with Crippen molar-refractivity contribution in [3.05, 3.63) is 24.3 Å². The molecule has 142 valence electrons. The lowest BCUT2D eigenvalue weighted by Gasteiger charge is -2.42. The van der Waals surface area contributed by atoms with Crippen molar-refractivity contribution in [3.63, 3.8) is 0 Å². The number of Topliss-reactive ketones (excluding diaryl/α,β-unsaturated/α-hetero) is 1. The fourth-order valence-corrected chi connectivity index (χ4v) is 3.95. The number of carbonyl (C=O) groups excluding carboxylic acids is 1. The van der Waals surface area contributed by atoms with Crippen LogP contribution in [0.1, 0.15) is 38.9 Å². The molecular weight excluding hydrogens is 330 g/mol. The second-order valence-corrected chi connectivity index (χ2v) is 7.16. The number of likely N-dealkylation sites (tertiary alicyclic amines) is 1. The van der Waals surface area contributed by atoms with Crippen LogP contribution in [0.25, 0.3) is 0 Å². The summed E-state index contributed by atoms with van der Waals surface area (Å²) in [7, 11) is 1.97. The van der Waals surface area contributed by atoms with Crippen molar-refractivity contribution in [2.24, 2.45) is 12.0 Å². The Morgan fingerprint density at radius 1 is 1.46 bits per heavy atom. The summed E-state index contributed by atoms with van der Waals surface area (Å²) < 4.78 is 7.41. The van der Waals surface area contributed by atoms with Gasteiger partial charge in [-0.25, -0.2) is 0 Å². The average Bonchev–Trinajstić information content (AvgIpc) is 3.28. The van der Waals surface area contributed by atoms with Gasteiger partial charge >= 0.3 is 0 Å². The van der Waals surface area contributed by atoms with Gasteiger partial charge < -0.3 is 9.30 Å². The van der Waals surface area contributed by atoms with E-state index in [2.05, 4.69) is 26.2 Å². The van der Waals surface area contributed by atoms with Crippen molar-refractivity contribution in [2.75, 3.05) is 26.3 Å². The summed E-state index contributed by atoms with van der Waals surface area (Å²) in [5.41, 5.74) is 0.301. The van der Waals surface area contributed by atoms with Crippen molar-refractivity contribution in [3.8, 4) is 0 Å². The van der Waals surface area contributed by atoms with Crippen LogP contribution < -0.4 is 0 Å². The Morgan fingerprint density at radius 2 is 2.31 bits per heavy atom. The van der Waals surface area contributed by atoms with E-state index in [-0.39, 0.29) is 12.4 Å². The summed E-state index contributed by atoms with van der Waals surface area (Å²) >= 11 is 0. The van der Waals surface area contributed by atoms with Gasteiger partial charge in [0.25, 0.3) is 0 Å². The molecule has 2 atom stereocenters. The highest BCUT2D eigenvalue weighted by Crippen LogP contribution is 2.33. The van der Waals surface area contributed by atoms with Crippen LogP contribution >= 0.6 is 0 Å². The first-order chi connectivity index (χ1) is 12.6. The summed E-state index contributed by atoms with van der Waals surface area (Å²) in [5, 5.41) is 8.15. The van der Waals surface area contributed by atoms with E-state index in [1.54, 1.807) is 6.33 Å². The van der Waals surface area contributed by atoms with E-state index in [1.165, 1.54) is 0 Å². The predicted octanol–water partition coefficient (Wildman–Crippen LogP) is 1.59. The number of allylic oxidation sites excluding steroid dienone is 1. The molecule has 7 nitrogen and oxygen atoms in total. The molecule has 0 aliphatic carbocycles. The molecule has 1 aromatic heterocycles. The fraction of sp³-hybridized carbons (Fsp3) is 0.684. The quantitative estimate of drug-likeness (QED) is 0.705. The minimum absolute atomic E-state index is 0.109. The molecule has 0 bridgehead atoms. The minimum Gasteiger partial charge on any atom is -0.374 e. The van der Waals surface area contributed by atoms with Crippen LogP contribution in [-0.2, 0) is 23.0 Å². The minimum atomic E-state index is -0.671. The number of rotatable bonds is 8. The van der Waals surface area contributed by atoms with E-state index in [0.29, 0.717) is 19.2 Å². The standard InChI is InChI=1S/C19H29N5O2/c1-4-26-12-17(25)19(10-9-15(2)20-13-19)24-11-5-6-16(24)7-8-18-22-21-14-23(18)3/h9-10,14,16H,4-8,11-13H2,1-3H3. The van der Waals surface area contributed by atoms with Gasteiger partial charge in [-0.05, 0) is 45.7 Å². The van der Waals surface area contributed by atoms with Gasteiger partial charge in [-0.1, -0.05) is 6.08 Å². The van der Waals surface area contributed by atoms with E-state index in [9.17, 15) is 4.79 Å². The summed E-state index contributed by atoms with van der Waals surface area (Å²) in [5.74, 6) is 1.09. The Balaban J connectivity index is 1.77. The second kappa shape index (κ2) is 8.22. The highest BCUT2D eigenvalue weighted by atomic mass is 16.5. The summed E-state index contributed by atoms with van der Waals surface area (Å²) in [6.07, 6.45) is 9.78. The number of hydrogen-bond donors (Lipinski definition) is 0. The van der Waals surface area contributed by atoms with Gasteiger partial charge in [-0.3, -0.25) is 14.7 Å². The molecule has 0 spiro atoms. The number of ketones is 1. The van der Waals surface area contributed by atoms with Crippen molar-refractivity contribution in [1.82, 2.24) is 19.7 Å². The molecule has 3 rings (SSSR count). The largest absolute Gasteiger partial charge is 0.374 e. The maximum absolute atomic E-state index is 13.1. The Bertz CT molecular complexity index is 696. The number of ether oxygens (including phenoxy) is 1. The number of aryl methyl sites for hydroxylation is 2. The van der Waals surface area contributed by atoms with E-state index >= 15 is 0 Å². The molecule has 2 unspecified atom stereocenters. The maximum atomic E-state index is 13.1. The first kappa shape index (κ1) is 18.9. The van der Waals surface area contributed by atoms with Crippen LogP contribution in [-0.4, -0.2) is 69.0 Å². The first-order valence-electron chi connectivity index (χ1n) is 9.48. The van der Waals surface area contributed by atoms with E-state index in [0.717, 1.165) is 43.8 Å². The number of aliphatic imine (C=N–C) groups is 1. The van der Waals surface area contributed by atoms with Gasteiger partial charge in [0.05, 0.1) is 6.54 Å². The van der Waals surface area contributed by atoms with Crippen LogP contribution in [0.4, 0.5) is 0 Å². The maximum Gasteiger partial charge on any atom is 0.184 e. The lowest BCUT2D eigenvalue weighted by Crippen LogP contribution is -2.59. The molecule has 1 saturated heterocycles. The molecule has 0 saturated carbocycles. The third-order valence-corrected chi connectivity index (χ3v) is 5.49. The highest BCUT2D eigenvalue weighted by molar-refractivity contribution is 5.99. The fourth-order valence-electron chi connectivity index (χ4n) is 3.95. The molecule has 1 fully saturated rings. The third-order valence-electron chi connectivity index (χ3n) is 5.49. The summed E-state index contributed by atoms with van der Waals surface area (Å²) in [4.78, 5) is 20.1. The summed E-state index contributed by atoms with van der Waals surface area (Å²) in [6.45, 7) is 5.98. The second-order valence-electron chi connectivity index (χ2n) is 7.16. The highest BCUT2D eigenvalue weighted by Gasteiger charge is 2.46. The van der Waals surface area contributed by atoms with Gasteiger partial charge in [0.15, 0.2) is 5.78 Å². The van der Waals surface area contributed by atoms with E-state index in [1.807, 2.05) is 31.5 Å². The SMILES string of the molecule is CCOCC(=O)C1(N2CCCC2CCc2nncn2C)C=CC(C)=NC1. The molecule has 0 N–H and O–H groups in total. The van der Waals surface area contributed by atoms with Crippen LogP contribution in [0.15, 0.2) is 23.5 Å². The topological polar surface area (TPSA) is 72.6 Å². The molecule has 0 radical (unpaired) electrons. The third kappa shape index (κ3) is 3.78. The zero-order chi connectivity index (χ0) is 18.6. The zero-order valence-electron chi connectivity index (χ0n) is 16.0. The molecule has 2 aliphatic rings. The van der Waals surface area contributed by atoms with E-state index < -0.39 is 5.54 Å². The molecule has 3 heterocycles. The molecule has 26 heavy (non-hydrogen) atoms. The smallest absolute Gasteiger partial charge is 0.184 e. The van der Waals surface area contributed by atoms with Gasteiger partial charge in [0, 0.05) is 31.8 Å². The Morgan fingerprint density at radius 3 is 2.96 bits per heavy atom. The van der Waals surface area contributed by atoms with Crippen molar-refractivity contribution in [2.45, 2.75) is 51.1 Å². The Hall–Kier alpha value is -1.86. The molecule has 2 aliphatic heterocycles. The van der Waals surface area contributed by atoms with Gasteiger partial charge in [0.1, 0.15) is 24.3 Å². The number of aromatic nitrogens is 3. The summed E-state index contributed by atoms with van der Waals surface area (Å²) in [6, 6.07) is 0.343. The molecule has 7 heteroatoms. The zero-order valence-corrected chi connectivity index (χ0v) is 16.0. The van der Waals surface area contributed by atoms with Crippen LogP contribution in [0, 0.1) is 0 Å². The normalized spacial score (nSPS) is 26.3. The lowest BCUT2D eigenvalue weighted by molar-refractivity contribution is -0.133. The molecule has 0 aromatic carbocycles.